The summed E-state index contributed by atoms with van der Waals surface area (Å²) < 4.78 is 3.88. The Morgan fingerprint density at radius 1 is 1.06 bits per heavy atom. The number of carbonyl (C=O) groups is 3. The first-order valence-corrected chi connectivity index (χ1v) is 10.1. The van der Waals surface area contributed by atoms with Crippen molar-refractivity contribution in [2.75, 3.05) is 6.54 Å². The third-order valence-corrected chi connectivity index (χ3v) is 4.74. The molecular formula is C21H22N7O6+. The van der Waals surface area contributed by atoms with Gasteiger partial charge in [-0.25, -0.2) is 9.36 Å². The fourth-order valence-electron chi connectivity index (χ4n) is 3.15. The van der Waals surface area contributed by atoms with Gasteiger partial charge in [0.15, 0.2) is 22.4 Å². The second-order valence-corrected chi connectivity index (χ2v) is 7.09. The average molecular weight is 468 g/mol. The zero-order valence-electron chi connectivity index (χ0n) is 18.1. The second-order valence-electron chi connectivity index (χ2n) is 7.09. The van der Waals surface area contributed by atoms with Gasteiger partial charge in [0.1, 0.15) is 6.54 Å². The zero-order chi connectivity index (χ0) is 24.7. The van der Waals surface area contributed by atoms with E-state index >= 15 is 0 Å². The van der Waals surface area contributed by atoms with Crippen LogP contribution >= 0.6 is 0 Å². The molecule has 0 fully saturated rings. The summed E-state index contributed by atoms with van der Waals surface area (Å²) >= 11 is 0. The van der Waals surface area contributed by atoms with E-state index in [1.54, 1.807) is 53.2 Å². The largest absolute Gasteiger partial charge is 0.509 e. The maximum absolute atomic E-state index is 11.9. The SMILES string of the molecule is CC(N=NCC(C(=O)O)[n+]1cn(C(=O)O)c2ccccc21)=NN=c1ccccn1CCC(=O)O. The summed E-state index contributed by atoms with van der Waals surface area (Å²) in [5.41, 5.74) is 1.18. The van der Waals surface area contributed by atoms with Crippen molar-refractivity contribution in [3.05, 3.63) is 60.5 Å². The van der Waals surface area contributed by atoms with E-state index in [0.29, 0.717) is 16.5 Å². The molecule has 3 N–H and O–H groups in total. The standard InChI is InChI=1S/C21H21N7O6/c1-14(24-25-18-8-4-5-10-26(18)11-9-19(29)30)23-22-12-17(20(31)32)27-13-28(21(33)34)16-7-3-2-6-15(16)27/h2-8,10,13,17H,9,11-12H2,1H3,(H2-,29,30,31,32,33,34)/p+1. The molecule has 3 rings (SSSR count). The Hall–Kier alpha value is -4.68. The Morgan fingerprint density at radius 3 is 2.50 bits per heavy atom. The van der Waals surface area contributed by atoms with Gasteiger partial charge in [0.2, 0.25) is 6.04 Å². The van der Waals surface area contributed by atoms with E-state index in [-0.39, 0.29) is 25.3 Å². The molecule has 13 nitrogen and oxygen atoms in total. The van der Waals surface area contributed by atoms with Crippen LogP contribution in [0.2, 0.25) is 0 Å². The molecule has 0 saturated heterocycles. The molecule has 2 aromatic heterocycles. The number of azo groups is 1. The predicted molar refractivity (Wildman–Crippen MR) is 117 cm³/mol. The monoisotopic (exact) mass is 468 g/mol. The first-order chi connectivity index (χ1) is 16.3. The van der Waals surface area contributed by atoms with Crippen molar-refractivity contribution in [2.24, 2.45) is 20.4 Å². The number of benzene rings is 1. The normalized spacial score (nSPS) is 13.4. The molecule has 0 saturated carbocycles. The number of fused-ring (bicyclic) bond motifs is 1. The van der Waals surface area contributed by atoms with E-state index in [1.165, 1.54) is 17.8 Å². The quantitative estimate of drug-likeness (QED) is 0.149. The number of hydrogen-bond donors (Lipinski definition) is 3. The molecule has 0 radical (unpaired) electrons. The highest BCUT2D eigenvalue weighted by Gasteiger charge is 2.30. The Morgan fingerprint density at radius 2 is 1.79 bits per heavy atom. The number of carboxylic acids is 2. The first-order valence-electron chi connectivity index (χ1n) is 10.1. The number of carboxylic acid groups (broad SMARTS) is 3. The third kappa shape index (κ3) is 5.76. The van der Waals surface area contributed by atoms with Crippen LogP contribution in [-0.2, 0) is 16.1 Å². The molecule has 3 aromatic rings. The fourth-order valence-corrected chi connectivity index (χ4v) is 3.15. The maximum atomic E-state index is 11.9. The van der Waals surface area contributed by atoms with Gasteiger partial charge in [0.25, 0.3) is 6.33 Å². The molecular weight excluding hydrogens is 446 g/mol. The van der Waals surface area contributed by atoms with Crippen molar-refractivity contribution in [3.8, 4) is 0 Å². The van der Waals surface area contributed by atoms with Gasteiger partial charge in [-0.3, -0.25) is 4.79 Å². The van der Waals surface area contributed by atoms with Crippen LogP contribution in [0.1, 0.15) is 19.4 Å². The predicted octanol–water partition coefficient (Wildman–Crippen LogP) is 1.74. The number of imidazole rings is 1. The summed E-state index contributed by atoms with van der Waals surface area (Å²) in [7, 11) is 0. The molecule has 1 unspecified atom stereocenters. The van der Waals surface area contributed by atoms with Gasteiger partial charge in [-0.1, -0.05) is 18.2 Å². The summed E-state index contributed by atoms with van der Waals surface area (Å²) in [6.45, 7) is 1.47. The molecule has 1 aromatic carbocycles. The van der Waals surface area contributed by atoms with Crippen molar-refractivity contribution in [2.45, 2.75) is 25.9 Å². The Balaban J connectivity index is 1.81. The minimum atomic E-state index is -1.24. The number of aryl methyl sites for hydroxylation is 1. The van der Waals surface area contributed by atoms with Gasteiger partial charge in [-0.05, 0) is 31.2 Å². The van der Waals surface area contributed by atoms with Crippen molar-refractivity contribution in [3.63, 3.8) is 0 Å². The van der Waals surface area contributed by atoms with Crippen LogP contribution < -0.4 is 10.1 Å². The molecule has 0 aliphatic carbocycles. The van der Waals surface area contributed by atoms with Gasteiger partial charge in [-0.2, -0.15) is 9.91 Å². The van der Waals surface area contributed by atoms with Crippen LogP contribution in [0.5, 0.6) is 0 Å². The van der Waals surface area contributed by atoms with E-state index in [1.807, 2.05) is 0 Å². The highest BCUT2D eigenvalue weighted by atomic mass is 16.4. The molecule has 176 valence electrons. The lowest BCUT2D eigenvalue weighted by molar-refractivity contribution is -0.683. The van der Waals surface area contributed by atoms with Crippen LogP contribution in [0.15, 0.2) is 75.4 Å². The smallest absolute Gasteiger partial charge is 0.481 e. The topological polar surface area (TPSA) is 175 Å². The van der Waals surface area contributed by atoms with Crippen LogP contribution in [0.25, 0.3) is 11.0 Å². The molecule has 1 atom stereocenters. The van der Waals surface area contributed by atoms with Crippen molar-refractivity contribution >= 4 is 34.9 Å². The lowest BCUT2D eigenvalue weighted by Gasteiger charge is -2.06. The van der Waals surface area contributed by atoms with E-state index in [0.717, 1.165) is 4.57 Å². The van der Waals surface area contributed by atoms with Crippen LogP contribution in [0.3, 0.4) is 0 Å². The molecule has 13 heteroatoms. The van der Waals surface area contributed by atoms with E-state index in [2.05, 4.69) is 20.4 Å². The fraction of sp³-hybridized carbons (Fsp3) is 0.238. The number of rotatable bonds is 8. The molecule has 0 spiro atoms. The van der Waals surface area contributed by atoms with Crippen molar-refractivity contribution in [1.29, 1.82) is 0 Å². The maximum Gasteiger partial charge on any atom is 0.509 e. The van der Waals surface area contributed by atoms with Gasteiger partial charge in [0.05, 0.1) is 6.42 Å². The number of pyridine rings is 1. The summed E-state index contributed by atoms with van der Waals surface area (Å²) in [4.78, 5) is 34.2. The number of aliphatic carboxylic acids is 2. The van der Waals surface area contributed by atoms with E-state index < -0.39 is 24.1 Å². The lowest BCUT2D eigenvalue weighted by Crippen LogP contribution is -2.45. The summed E-state index contributed by atoms with van der Waals surface area (Å²) in [6, 6.07) is 10.4. The molecule has 2 heterocycles. The summed E-state index contributed by atoms with van der Waals surface area (Å²) in [6.07, 6.45) is 1.55. The second kappa shape index (κ2) is 10.8. The minimum Gasteiger partial charge on any atom is -0.481 e. The van der Waals surface area contributed by atoms with Crippen LogP contribution in [0.4, 0.5) is 4.79 Å². The van der Waals surface area contributed by atoms with Crippen LogP contribution in [0, 0.1) is 0 Å². The summed E-state index contributed by atoms with van der Waals surface area (Å²) in [5.74, 6) is -2.00. The Labute approximate surface area is 192 Å². The number of hydrogen-bond acceptors (Lipinski definition) is 6. The van der Waals surface area contributed by atoms with Gasteiger partial charge in [0, 0.05) is 12.7 Å². The molecule has 0 bridgehead atoms. The van der Waals surface area contributed by atoms with Crippen molar-refractivity contribution in [1.82, 2.24) is 9.13 Å². The van der Waals surface area contributed by atoms with Gasteiger partial charge < -0.3 is 19.9 Å². The molecule has 34 heavy (non-hydrogen) atoms. The highest BCUT2D eigenvalue weighted by molar-refractivity contribution is 5.84. The van der Waals surface area contributed by atoms with E-state index in [9.17, 15) is 24.6 Å². The number of aromatic nitrogens is 3. The number of para-hydroxylation sites is 2. The first kappa shape index (κ1) is 24.0. The van der Waals surface area contributed by atoms with Gasteiger partial charge in [-0.15, -0.1) is 19.9 Å². The number of nitrogens with zero attached hydrogens (tertiary/aromatic N) is 7. The molecule has 0 aliphatic rings. The highest BCUT2D eigenvalue weighted by Crippen LogP contribution is 2.13. The van der Waals surface area contributed by atoms with Crippen molar-refractivity contribution < 1.29 is 34.3 Å². The molecule has 0 amide bonds. The van der Waals surface area contributed by atoms with Gasteiger partial charge >= 0.3 is 18.0 Å². The summed E-state index contributed by atoms with van der Waals surface area (Å²) in [5, 5.41) is 43.8. The van der Waals surface area contributed by atoms with E-state index in [4.69, 9.17) is 5.11 Å². The minimum absolute atomic E-state index is 0.0772. The van der Waals surface area contributed by atoms with Crippen LogP contribution in [-0.4, -0.2) is 54.9 Å². The number of amidine groups is 1. The third-order valence-electron chi connectivity index (χ3n) is 4.74. The Bertz CT molecular complexity index is 1350. The zero-order valence-corrected chi connectivity index (χ0v) is 18.1. The average Bonchev–Trinajstić information content (AvgIpc) is 3.19. The Kier molecular flexibility index (Phi) is 7.59. The lowest BCUT2D eigenvalue weighted by atomic mass is 10.2. The molecule has 0 aliphatic heterocycles.